The van der Waals surface area contributed by atoms with Gasteiger partial charge in [0.15, 0.2) is 0 Å². The van der Waals surface area contributed by atoms with Gasteiger partial charge in [-0.3, -0.25) is 0 Å². The van der Waals surface area contributed by atoms with Gasteiger partial charge >= 0.3 is 0 Å². The average molecular weight is 956 g/mol. The van der Waals surface area contributed by atoms with E-state index in [1.165, 1.54) is 98.7 Å². The zero-order valence-electron chi connectivity index (χ0n) is 35.6. The summed E-state index contributed by atoms with van der Waals surface area (Å²) in [6.45, 7) is 13.4. The van der Waals surface area contributed by atoms with Crippen LogP contribution >= 0.6 is 0 Å². The van der Waals surface area contributed by atoms with E-state index in [1.54, 1.807) is 0 Å². The topological polar surface area (TPSA) is 0 Å². The maximum atomic E-state index is 2.37. The summed E-state index contributed by atoms with van der Waals surface area (Å²) in [6, 6.07) is 70.8. The first kappa shape index (κ1) is 42.7. The second kappa shape index (κ2) is 19.3. The van der Waals surface area contributed by atoms with Crippen molar-refractivity contribution in [2.24, 2.45) is 0 Å². The third-order valence-electron chi connectivity index (χ3n) is 11.5. The number of hydrogen-bond acceptors (Lipinski definition) is 0. The summed E-state index contributed by atoms with van der Waals surface area (Å²) in [7, 11) is 1.08. The Morgan fingerprint density at radius 3 is 0.950 bits per heavy atom. The first-order valence-electron chi connectivity index (χ1n) is 21.0. The molecule has 2 heteroatoms. The van der Waals surface area contributed by atoms with E-state index in [9.17, 15) is 0 Å². The maximum absolute atomic E-state index is 2.37. The van der Waals surface area contributed by atoms with Crippen molar-refractivity contribution in [1.82, 2.24) is 0 Å². The van der Waals surface area contributed by atoms with Gasteiger partial charge in [-0.25, -0.2) is 0 Å². The standard InChI is InChI=1S/2C28H23.C2H6Si.Hf/c2*1-19(2)22-17-21-11-8-16-27(28(21)18-22)26-14-6-5-13-25(26)24-15-7-10-20-9-3-4-12-23(20)24;1-3-2;/h2*3-19H,1-2H3;1-2H3;/q2*-1;;. The van der Waals surface area contributed by atoms with Crippen molar-refractivity contribution in [3.63, 3.8) is 0 Å². The van der Waals surface area contributed by atoms with Crippen molar-refractivity contribution in [3.05, 3.63) is 205 Å². The summed E-state index contributed by atoms with van der Waals surface area (Å²) >= 11 is 0. The Labute approximate surface area is 378 Å². The molecule has 294 valence electrons. The Bertz CT molecular complexity index is 2800. The molecule has 0 amide bonds. The van der Waals surface area contributed by atoms with Crippen LogP contribution in [0, 0.1) is 0 Å². The molecule has 10 aromatic carbocycles. The third-order valence-corrected chi connectivity index (χ3v) is 11.5. The number of fused-ring (bicyclic) bond motifs is 4. The van der Waals surface area contributed by atoms with Crippen LogP contribution in [0.4, 0.5) is 0 Å². The largest absolute Gasteiger partial charge is 0.164 e. The van der Waals surface area contributed by atoms with Crippen molar-refractivity contribution in [2.45, 2.75) is 52.6 Å². The van der Waals surface area contributed by atoms with Crippen molar-refractivity contribution >= 4 is 52.6 Å². The van der Waals surface area contributed by atoms with Crippen LogP contribution in [0.25, 0.3) is 87.6 Å². The van der Waals surface area contributed by atoms with Crippen LogP contribution in [0.1, 0.15) is 50.7 Å². The Morgan fingerprint density at radius 1 is 0.333 bits per heavy atom. The van der Waals surface area contributed by atoms with E-state index in [2.05, 4.69) is 235 Å². The molecule has 0 aliphatic rings. The fourth-order valence-corrected chi connectivity index (χ4v) is 8.48. The van der Waals surface area contributed by atoms with Gasteiger partial charge in [-0.1, -0.05) is 198 Å². The molecular weight excluding hydrogens is 903 g/mol. The van der Waals surface area contributed by atoms with Crippen molar-refractivity contribution in [1.29, 1.82) is 0 Å². The predicted molar refractivity (Wildman–Crippen MR) is 261 cm³/mol. The van der Waals surface area contributed by atoms with Gasteiger partial charge < -0.3 is 0 Å². The van der Waals surface area contributed by atoms with Gasteiger partial charge in [-0.2, -0.15) is 12.1 Å². The zero-order valence-corrected chi connectivity index (χ0v) is 40.2. The van der Waals surface area contributed by atoms with Gasteiger partial charge in [0.1, 0.15) is 0 Å². The van der Waals surface area contributed by atoms with Crippen molar-refractivity contribution in [3.8, 4) is 44.5 Å². The van der Waals surface area contributed by atoms with Crippen molar-refractivity contribution in [2.75, 3.05) is 0 Å². The summed E-state index contributed by atoms with van der Waals surface area (Å²) in [5.41, 5.74) is 13.2. The molecule has 0 bridgehead atoms. The first-order valence-corrected chi connectivity index (χ1v) is 23.0. The molecule has 10 rings (SSSR count). The molecule has 0 spiro atoms. The quantitative estimate of drug-likeness (QED) is 0.115. The fraction of sp³-hybridized carbons (Fsp3) is 0.138. The number of benzene rings is 8. The zero-order chi connectivity index (χ0) is 40.9. The molecule has 0 atom stereocenters. The molecule has 2 radical (unpaired) electrons. The minimum Gasteiger partial charge on any atom is -0.164 e. The molecule has 0 saturated heterocycles. The number of hydrogen-bond donors (Lipinski definition) is 0. The van der Waals surface area contributed by atoms with Gasteiger partial charge in [-0.05, 0) is 66.8 Å². The monoisotopic (exact) mass is 956 g/mol. The Morgan fingerprint density at radius 2 is 0.600 bits per heavy atom. The predicted octanol–water partition coefficient (Wildman–Crippen LogP) is 17.1. The minimum atomic E-state index is 0. The summed E-state index contributed by atoms with van der Waals surface area (Å²) in [4.78, 5) is 0. The molecule has 0 aromatic heterocycles. The van der Waals surface area contributed by atoms with E-state index in [4.69, 9.17) is 0 Å². The third kappa shape index (κ3) is 8.73. The van der Waals surface area contributed by atoms with Gasteiger partial charge in [0.05, 0.1) is 0 Å². The Kier molecular flexibility index (Phi) is 13.7. The second-order valence-electron chi connectivity index (χ2n) is 16.1. The molecule has 0 N–H and O–H groups in total. The molecule has 0 saturated carbocycles. The summed E-state index contributed by atoms with van der Waals surface area (Å²) < 4.78 is 0. The van der Waals surface area contributed by atoms with E-state index in [-0.39, 0.29) is 25.8 Å². The van der Waals surface area contributed by atoms with Crippen LogP contribution in [0.15, 0.2) is 194 Å². The SMILES string of the molecule is CC(C)c1cc2c(-c3ccccc3-c3cccc4ccccc34)cccc2[cH-]1.CC(C)c1cc2c(-c3ccccc3-c3cccc4ccccc34)cccc2[cH-]1.C[Si]C.[Hf]. The Balaban J connectivity index is 0.000000168. The molecule has 0 unspecified atom stereocenters. The maximum Gasteiger partial charge on any atom is 0.0307 e. The average Bonchev–Trinajstić information content (AvgIpc) is 3.93. The van der Waals surface area contributed by atoms with Crippen LogP contribution in [-0.2, 0) is 25.8 Å². The molecule has 10 aromatic rings. The van der Waals surface area contributed by atoms with E-state index >= 15 is 0 Å². The summed E-state index contributed by atoms with van der Waals surface area (Å²) in [5, 5.41) is 10.5. The fourth-order valence-electron chi connectivity index (χ4n) is 8.48. The molecule has 0 aliphatic heterocycles. The normalized spacial score (nSPS) is 11.1. The van der Waals surface area contributed by atoms with E-state index < -0.39 is 0 Å². The van der Waals surface area contributed by atoms with Crippen molar-refractivity contribution < 1.29 is 25.8 Å². The molecule has 60 heavy (non-hydrogen) atoms. The van der Waals surface area contributed by atoms with Crippen LogP contribution in [-0.4, -0.2) is 9.52 Å². The van der Waals surface area contributed by atoms with E-state index in [1.807, 2.05) is 0 Å². The van der Waals surface area contributed by atoms with Crippen LogP contribution in [0.5, 0.6) is 0 Å². The van der Waals surface area contributed by atoms with Crippen LogP contribution in [0.2, 0.25) is 13.1 Å². The van der Waals surface area contributed by atoms with Crippen LogP contribution in [0.3, 0.4) is 0 Å². The summed E-state index contributed by atoms with van der Waals surface area (Å²) in [6.07, 6.45) is 0. The van der Waals surface area contributed by atoms with Gasteiger partial charge in [-0.15, -0.1) is 69.1 Å². The molecule has 0 heterocycles. The Hall–Kier alpha value is -5.41. The first-order chi connectivity index (χ1) is 28.9. The summed E-state index contributed by atoms with van der Waals surface area (Å²) in [5.74, 6) is 1.07. The van der Waals surface area contributed by atoms with E-state index in [0.717, 1.165) is 9.52 Å². The molecular formula is C58H52HfSi-2. The molecule has 0 nitrogen and oxygen atoms in total. The van der Waals surface area contributed by atoms with E-state index in [0.29, 0.717) is 11.8 Å². The smallest absolute Gasteiger partial charge is 0.0307 e. The van der Waals surface area contributed by atoms with Gasteiger partial charge in [0.2, 0.25) is 0 Å². The van der Waals surface area contributed by atoms with Gasteiger partial charge in [0, 0.05) is 35.4 Å². The number of rotatable bonds is 6. The van der Waals surface area contributed by atoms with Crippen LogP contribution < -0.4 is 0 Å². The molecule has 0 fully saturated rings. The molecule has 0 aliphatic carbocycles. The van der Waals surface area contributed by atoms with Gasteiger partial charge in [0.25, 0.3) is 0 Å². The minimum absolute atomic E-state index is 0. The second-order valence-corrected chi connectivity index (χ2v) is 17.1.